The van der Waals surface area contributed by atoms with Crippen LogP contribution in [0.5, 0.6) is 0 Å². The number of hydrogen-bond donors (Lipinski definition) is 1. The zero-order valence-electron chi connectivity index (χ0n) is 10.4. The van der Waals surface area contributed by atoms with Crippen molar-refractivity contribution < 1.29 is 9.66 Å². The molecule has 7 nitrogen and oxygen atoms in total. The first-order chi connectivity index (χ1) is 8.50. The van der Waals surface area contributed by atoms with Gasteiger partial charge in [0.15, 0.2) is 0 Å². The molecule has 2 unspecified atom stereocenters. The van der Waals surface area contributed by atoms with Crippen LogP contribution in [0.4, 0.5) is 17.3 Å². The molecule has 1 aliphatic rings. The lowest BCUT2D eigenvalue weighted by atomic mass is 10.1. The molecule has 2 heterocycles. The number of anilines is 2. The molecule has 0 aromatic carbocycles. The second-order valence-corrected chi connectivity index (χ2v) is 4.37. The normalized spacial score (nSPS) is 23.0. The molecule has 1 aromatic rings. The van der Waals surface area contributed by atoms with Crippen LogP contribution in [0, 0.1) is 10.1 Å². The fourth-order valence-electron chi connectivity index (χ4n) is 2.21. The summed E-state index contributed by atoms with van der Waals surface area (Å²) in [7, 11) is 1.89. The smallest absolute Gasteiger partial charge is 0.311 e. The topological polar surface area (TPSA) is 94.5 Å². The first-order valence-electron chi connectivity index (χ1n) is 5.76. The quantitative estimate of drug-likeness (QED) is 0.641. The Hall–Kier alpha value is -1.89. The van der Waals surface area contributed by atoms with E-state index in [1.54, 1.807) is 6.07 Å². The molecule has 0 aliphatic carbocycles. The van der Waals surface area contributed by atoms with Gasteiger partial charge in [-0.25, -0.2) is 4.98 Å². The van der Waals surface area contributed by atoms with E-state index in [9.17, 15) is 10.1 Å². The van der Waals surface area contributed by atoms with E-state index in [4.69, 9.17) is 10.5 Å². The van der Waals surface area contributed by atoms with Crippen LogP contribution in [0.3, 0.4) is 0 Å². The van der Waals surface area contributed by atoms with Gasteiger partial charge in [-0.05, 0) is 19.4 Å². The van der Waals surface area contributed by atoms with Crippen molar-refractivity contribution in [3.63, 3.8) is 0 Å². The molecule has 1 aliphatic heterocycles. The Morgan fingerprint density at radius 1 is 1.61 bits per heavy atom. The molecule has 18 heavy (non-hydrogen) atoms. The molecular weight excluding hydrogens is 236 g/mol. The third-order valence-corrected chi connectivity index (χ3v) is 3.28. The molecule has 1 aromatic heterocycles. The van der Waals surface area contributed by atoms with Crippen molar-refractivity contribution in [1.29, 1.82) is 0 Å². The van der Waals surface area contributed by atoms with Gasteiger partial charge in [-0.15, -0.1) is 0 Å². The number of nitrogen functional groups attached to an aromatic ring is 1. The Morgan fingerprint density at radius 2 is 2.33 bits per heavy atom. The fourth-order valence-corrected chi connectivity index (χ4v) is 2.21. The Labute approximate surface area is 105 Å². The highest BCUT2D eigenvalue weighted by Gasteiger charge is 2.29. The number of nitro groups is 1. The minimum absolute atomic E-state index is 0.0593. The van der Waals surface area contributed by atoms with Crippen molar-refractivity contribution in [2.75, 3.05) is 24.3 Å². The highest BCUT2D eigenvalue weighted by molar-refractivity contribution is 5.58. The van der Waals surface area contributed by atoms with Crippen molar-refractivity contribution in [1.82, 2.24) is 4.98 Å². The van der Waals surface area contributed by atoms with Crippen molar-refractivity contribution in [2.24, 2.45) is 0 Å². The number of hydrogen-bond acceptors (Lipinski definition) is 6. The van der Waals surface area contributed by atoms with Crippen LogP contribution in [0.25, 0.3) is 0 Å². The van der Waals surface area contributed by atoms with Crippen LogP contribution < -0.4 is 10.6 Å². The summed E-state index contributed by atoms with van der Waals surface area (Å²) in [5, 5.41) is 10.7. The number of pyridine rings is 1. The molecule has 2 N–H and O–H groups in total. The molecule has 2 rings (SSSR count). The number of aromatic nitrogens is 1. The summed E-state index contributed by atoms with van der Waals surface area (Å²) in [5.74, 6) is 0.566. The van der Waals surface area contributed by atoms with Gasteiger partial charge < -0.3 is 15.4 Å². The Kier molecular flexibility index (Phi) is 3.33. The maximum atomic E-state index is 10.7. The van der Waals surface area contributed by atoms with E-state index in [-0.39, 0.29) is 23.7 Å². The van der Waals surface area contributed by atoms with E-state index in [1.165, 1.54) is 6.07 Å². The van der Waals surface area contributed by atoms with E-state index >= 15 is 0 Å². The van der Waals surface area contributed by atoms with Gasteiger partial charge in [0.05, 0.1) is 17.1 Å². The van der Waals surface area contributed by atoms with Gasteiger partial charge in [0.25, 0.3) is 0 Å². The Bertz CT molecular complexity index is 466. The zero-order valence-corrected chi connectivity index (χ0v) is 10.4. The van der Waals surface area contributed by atoms with Gasteiger partial charge in [-0.2, -0.15) is 0 Å². The number of rotatable bonds is 3. The minimum atomic E-state index is -0.534. The van der Waals surface area contributed by atoms with Gasteiger partial charge in [0.2, 0.25) is 5.82 Å². The second-order valence-electron chi connectivity index (χ2n) is 4.37. The lowest BCUT2D eigenvalue weighted by molar-refractivity contribution is -0.384. The molecule has 0 amide bonds. The van der Waals surface area contributed by atoms with Gasteiger partial charge in [0.1, 0.15) is 5.82 Å². The molecule has 1 fully saturated rings. The average molecular weight is 252 g/mol. The van der Waals surface area contributed by atoms with Gasteiger partial charge >= 0.3 is 5.69 Å². The maximum absolute atomic E-state index is 10.7. The van der Waals surface area contributed by atoms with Gasteiger partial charge in [0, 0.05) is 19.7 Å². The first kappa shape index (κ1) is 12.6. The van der Waals surface area contributed by atoms with E-state index in [1.807, 2.05) is 18.9 Å². The van der Waals surface area contributed by atoms with Crippen molar-refractivity contribution >= 4 is 17.3 Å². The molecule has 1 saturated heterocycles. The zero-order chi connectivity index (χ0) is 13.3. The van der Waals surface area contributed by atoms with Crippen LogP contribution in [0.1, 0.15) is 13.3 Å². The maximum Gasteiger partial charge on any atom is 0.311 e. The van der Waals surface area contributed by atoms with E-state index in [0.29, 0.717) is 5.82 Å². The van der Waals surface area contributed by atoms with E-state index < -0.39 is 4.92 Å². The van der Waals surface area contributed by atoms with Crippen LogP contribution in [0.2, 0.25) is 0 Å². The lowest BCUT2D eigenvalue weighted by Crippen LogP contribution is -2.37. The minimum Gasteiger partial charge on any atom is -0.378 e. The molecule has 0 radical (unpaired) electrons. The third-order valence-electron chi connectivity index (χ3n) is 3.28. The molecular formula is C11H16N4O3. The molecule has 2 atom stereocenters. The standard InChI is InChI=1S/C11H16N4O3/c1-7-8(5-6-18-7)14(2)10-4-3-9(15(16)17)11(12)13-10/h3-4,7-8H,5-6H2,1-2H3,(H2,12,13). The lowest BCUT2D eigenvalue weighted by Gasteiger charge is -2.27. The van der Waals surface area contributed by atoms with E-state index in [2.05, 4.69) is 4.98 Å². The number of nitrogens with zero attached hydrogens (tertiary/aromatic N) is 3. The number of ether oxygens (including phenoxy) is 1. The SMILES string of the molecule is CC1OCCC1N(C)c1ccc([N+](=O)[O-])c(N)n1. The summed E-state index contributed by atoms with van der Waals surface area (Å²) in [6.45, 7) is 2.72. The van der Waals surface area contributed by atoms with Crippen LogP contribution in [-0.2, 0) is 4.74 Å². The predicted molar refractivity (Wildman–Crippen MR) is 67.5 cm³/mol. The fraction of sp³-hybridized carbons (Fsp3) is 0.545. The van der Waals surface area contributed by atoms with Crippen molar-refractivity contribution in [3.05, 3.63) is 22.2 Å². The molecule has 0 spiro atoms. The highest BCUT2D eigenvalue weighted by atomic mass is 16.6. The summed E-state index contributed by atoms with van der Waals surface area (Å²) in [4.78, 5) is 16.2. The van der Waals surface area contributed by atoms with Crippen LogP contribution in [-0.4, -0.2) is 35.7 Å². The van der Waals surface area contributed by atoms with E-state index in [0.717, 1.165) is 13.0 Å². The molecule has 0 bridgehead atoms. The number of likely N-dealkylation sites (N-methyl/N-ethyl adjacent to an activating group) is 1. The Balaban J connectivity index is 2.23. The van der Waals surface area contributed by atoms with Gasteiger partial charge in [-0.3, -0.25) is 10.1 Å². The van der Waals surface area contributed by atoms with Gasteiger partial charge in [-0.1, -0.05) is 0 Å². The summed E-state index contributed by atoms with van der Waals surface area (Å²) >= 11 is 0. The summed E-state index contributed by atoms with van der Waals surface area (Å²) in [6.07, 6.45) is 1.03. The number of nitrogens with two attached hydrogens (primary N) is 1. The van der Waals surface area contributed by atoms with Crippen LogP contribution >= 0.6 is 0 Å². The summed E-state index contributed by atoms with van der Waals surface area (Å²) < 4.78 is 5.49. The summed E-state index contributed by atoms with van der Waals surface area (Å²) in [5.41, 5.74) is 5.42. The monoisotopic (exact) mass is 252 g/mol. The summed E-state index contributed by atoms with van der Waals surface area (Å²) in [6, 6.07) is 3.21. The van der Waals surface area contributed by atoms with Crippen LogP contribution in [0.15, 0.2) is 12.1 Å². The second kappa shape index (κ2) is 4.77. The molecule has 0 saturated carbocycles. The first-order valence-corrected chi connectivity index (χ1v) is 5.76. The molecule has 7 heteroatoms. The van der Waals surface area contributed by atoms with Crippen molar-refractivity contribution in [3.8, 4) is 0 Å². The largest absolute Gasteiger partial charge is 0.378 e. The van der Waals surface area contributed by atoms with Crippen molar-refractivity contribution in [2.45, 2.75) is 25.5 Å². The average Bonchev–Trinajstić information content (AvgIpc) is 2.74. The predicted octanol–water partition coefficient (Wildman–Crippen LogP) is 1.19. The third kappa shape index (κ3) is 2.21. The highest BCUT2D eigenvalue weighted by Crippen LogP contribution is 2.26. The molecule has 98 valence electrons. The Morgan fingerprint density at radius 3 is 2.83 bits per heavy atom.